The van der Waals surface area contributed by atoms with Crippen molar-refractivity contribution in [1.82, 2.24) is 5.32 Å². The molecule has 0 aliphatic carbocycles. The van der Waals surface area contributed by atoms with E-state index in [4.69, 9.17) is 0 Å². The molecule has 1 unspecified atom stereocenters. The van der Waals surface area contributed by atoms with Crippen LogP contribution < -0.4 is 5.32 Å². The second-order valence-electron chi connectivity index (χ2n) is 3.05. The van der Waals surface area contributed by atoms with Crippen LogP contribution in [0.25, 0.3) is 0 Å². The lowest BCUT2D eigenvalue weighted by Crippen LogP contribution is -2.33. The monoisotopic (exact) mass is 215 g/mol. The molecule has 0 fully saturated rings. The average Bonchev–Trinajstić information content (AvgIpc) is 1.93. The molecule has 0 spiro atoms. The van der Waals surface area contributed by atoms with Crippen LogP contribution in [0.4, 0.5) is 0 Å². The van der Waals surface area contributed by atoms with Crippen molar-refractivity contribution in [2.75, 3.05) is 6.54 Å². The summed E-state index contributed by atoms with van der Waals surface area (Å²) in [6.07, 6.45) is 4.41. The van der Waals surface area contributed by atoms with E-state index in [0.29, 0.717) is 6.04 Å². The highest BCUT2D eigenvalue weighted by molar-refractivity contribution is 9.11. The zero-order valence-corrected chi connectivity index (χ0v) is 8.45. The molecule has 1 aliphatic rings. The molecule has 11 heavy (non-hydrogen) atoms. The predicted octanol–water partition coefficient (Wildman–Crippen LogP) is 2.59. The highest BCUT2D eigenvalue weighted by Crippen LogP contribution is 2.20. The van der Waals surface area contributed by atoms with Crippen molar-refractivity contribution < 1.29 is 0 Å². The summed E-state index contributed by atoms with van der Waals surface area (Å²) in [5.41, 5.74) is 1.23. The van der Waals surface area contributed by atoms with Crippen LogP contribution in [0.2, 0.25) is 0 Å². The van der Waals surface area contributed by atoms with Crippen molar-refractivity contribution in [2.24, 2.45) is 0 Å². The maximum atomic E-state index is 3.90. The van der Waals surface area contributed by atoms with Crippen molar-refractivity contribution >= 4 is 15.9 Å². The lowest BCUT2D eigenvalue weighted by atomic mass is 10.1. The number of rotatable bonds is 2. The summed E-state index contributed by atoms with van der Waals surface area (Å²) in [5.74, 6) is 0. The third-order valence-electron chi connectivity index (χ3n) is 1.76. The first kappa shape index (κ1) is 9.01. The number of nitrogens with one attached hydrogen (secondary N) is 1. The van der Waals surface area contributed by atoms with Gasteiger partial charge in [0.25, 0.3) is 0 Å². The first-order valence-electron chi connectivity index (χ1n) is 3.93. The molecule has 62 valence electrons. The van der Waals surface area contributed by atoms with Crippen LogP contribution in [0.15, 0.2) is 22.7 Å². The smallest absolute Gasteiger partial charge is 0.0420 e. The van der Waals surface area contributed by atoms with Crippen molar-refractivity contribution in [3.05, 3.63) is 22.7 Å². The number of hydrogen-bond donors (Lipinski definition) is 1. The van der Waals surface area contributed by atoms with Crippen LogP contribution in [0.3, 0.4) is 0 Å². The zero-order chi connectivity index (χ0) is 8.27. The van der Waals surface area contributed by atoms with E-state index in [2.05, 4.69) is 40.8 Å². The molecule has 2 heteroatoms. The molecule has 0 aromatic carbocycles. The molecular formula is C9H14BrN. The normalized spacial score (nSPS) is 24.5. The molecule has 0 bridgehead atoms. The molecule has 0 saturated carbocycles. The van der Waals surface area contributed by atoms with Crippen molar-refractivity contribution in [3.63, 3.8) is 0 Å². The lowest BCUT2D eigenvalue weighted by molar-refractivity contribution is 0.566. The van der Waals surface area contributed by atoms with Gasteiger partial charge in [0, 0.05) is 10.5 Å². The Labute approximate surface area is 76.7 Å². The van der Waals surface area contributed by atoms with Gasteiger partial charge in [0.15, 0.2) is 0 Å². The molecule has 0 radical (unpaired) electrons. The largest absolute Gasteiger partial charge is 0.309 e. The second-order valence-corrected chi connectivity index (χ2v) is 3.96. The molecule has 1 rings (SSSR count). The van der Waals surface area contributed by atoms with Gasteiger partial charge in [-0.15, -0.1) is 6.58 Å². The highest BCUT2D eigenvalue weighted by atomic mass is 79.9. The van der Waals surface area contributed by atoms with Crippen LogP contribution >= 0.6 is 15.9 Å². The zero-order valence-electron chi connectivity index (χ0n) is 6.86. The maximum absolute atomic E-state index is 3.90. The summed E-state index contributed by atoms with van der Waals surface area (Å²) in [6.45, 7) is 7.05. The van der Waals surface area contributed by atoms with E-state index in [0.717, 1.165) is 19.4 Å². The fourth-order valence-corrected chi connectivity index (χ4v) is 1.78. The molecule has 0 aromatic rings. The Kier molecular flexibility index (Phi) is 3.34. The summed E-state index contributed by atoms with van der Waals surface area (Å²) in [4.78, 5) is 0. The Hall–Kier alpha value is -0.0800. The van der Waals surface area contributed by atoms with Gasteiger partial charge in [0.2, 0.25) is 0 Å². The molecule has 1 nitrogen and oxygen atoms in total. The Bertz CT molecular complexity index is 184. The molecule has 1 atom stereocenters. The van der Waals surface area contributed by atoms with Crippen molar-refractivity contribution in [3.8, 4) is 0 Å². The van der Waals surface area contributed by atoms with Gasteiger partial charge in [-0.3, -0.25) is 0 Å². The van der Waals surface area contributed by atoms with Gasteiger partial charge in [0.05, 0.1) is 0 Å². The summed E-state index contributed by atoms with van der Waals surface area (Å²) in [5, 5.41) is 3.42. The van der Waals surface area contributed by atoms with Gasteiger partial charge in [-0.25, -0.2) is 0 Å². The van der Waals surface area contributed by atoms with E-state index in [1.54, 1.807) is 0 Å². The van der Waals surface area contributed by atoms with Crippen LogP contribution in [0.5, 0.6) is 0 Å². The maximum Gasteiger partial charge on any atom is 0.0420 e. The number of halogens is 1. The third kappa shape index (κ3) is 2.80. The Morgan fingerprint density at radius 3 is 3.18 bits per heavy atom. The van der Waals surface area contributed by atoms with Crippen LogP contribution in [-0.2, 0) is 0 Å². The van der Waals surface area contributed by atoms with Crippen molar-refractivity contribution in [2.45, 2.75) is 25.8 Å². The SMILES string of the molecule is C=C(C)CC1NCCC=C1Br. The number of hydrogen-bond acceptors (Lipinski definition) is 1. The molecule has 0 saturated heterocycles. The summed E-state index contributed by atoms with van der Waals surface area (Å²) in [7, 11) is 0. The van der Waals surface area contributed by atoms with Crippen LogP contribution in [-0.4, -0.2) is 12.6 Å². The van der Waals surface area contributed by atoms with Gasteiger partial charge in [-0.05, 0) is 26.3 Å². The third-order valence-corrected chi connectivity index (χ3v) is 2.64. The van der Waals surface area contributed by atoms with Gasteiger partial charge in [-0.1, -0.05) is 27.6 Å². The van der Waals surface area contributed by atoms with Crippen molar-refractivity contribution in [1.29, 1.82) is 0 Å². The van der Waals surface area contributed by atoms with E-state index in [1.807, 2.05) is 0 Å². The molecule has 0 amide bonds. The standard InChI is InChI=1S/C9H14BrN/c1-7(2)6-9-8(10)4-3-5-11-9/h4,9,11H,1,3,5-6H2,2H3. The van der Waals surface area contributed by atoms with E-state index < -0.39 is 0 Å². The minimum atomic E-state index is 0.473. The molecule has 0 aromatic heterocycles. The summed E-state index contributed by atoms with van der Waals surface area (Å²) in [6, 6.07) is 0.473. The fourth-order valence-electron chi connectivity index (χ4n) is 1.23. The Morgan fingerprint density at radius 1 is 1.91 bits per heavy atom. The quantitative estimate of drug-likeness (QED) is 0.699. The summed E-state index contributed by atoms with van der Waals surface area (Å²) >= 11 is 3.54. The first-order valence-corrected chi connectivity index (χ1v) is 4.73. The average molecular weight is 216 g/mol. The topological polar surface area (TPSA) is 12.0 Å². The molecule has 1 N–H and O–H groups in total. The molecule has 1 heterocycles. The highest BCUT2D eigenvalue weighted by Gasteiger charge is 2.13. The van der Waals surface area contributed by atoms with E-state index in [1.165, 1.54) is 10.1 Å². The van der Waals surface area contributed by atoms with E-state index in [9.17, 15) is 0 Å². The summed E-state index contributed by atoms with van der Waals surface area (Å²) < 4.78 is 1.28. The van der Waals surface area contributed by atoms with E-state index >= 15 is 0 Å². The van der Waals surface area contributed by atoms with Gasteiger partial charge in [-0.2, -0.15) is 0 Å². The fraction of sp³-hybridized carbons (Fsp3) is 0.556. The second kappa shape index (κ2) is 4.07. The molecular weight excluding hydrogens is 202 g/mol. The lowest BCUT2D eigenvalue weighted by Gasteiger charge is -2.22. The van der Waals surface area contributed by atoms with Crippen LogP contribution in [0.1, 0.15) is 19.8 Å². The minimum Gasteiger partial charge on any atom is -0.309 e. The van der Waals surface area contributed by atoms with Gasteiger partial charge < -0.3 is 5.32 Å². The van der Waals surface area contributed by atoms with Crippen LogP contribution in [0, 0.1) is 0 Å². The van der Waals surface area contributed by atoms with E-state index in [-0.39, 0.29) is 0 Å². The Balaban J connectivity index is 2.50. The Morgan fingerprint density at radius 2 is 2.64 bits per heavy atom. The molecule has 1 aliphatic heterocycles. The van der Waals surface area contributed by atoms with Gasteiger partial charge in [0.1, 0.15) is 0 Å². The predicted molar refractivity (Wildman–Crippen MR) is 52.8 cm³/mol. The van der Waals surface area contributed by atoms with Gasteiger partial charge >= 0.3 is 0 Å². The first-order chi connectivity index (χ1) is 5.20. The minimum absolute atomic E-state index is 0.473.